The van der Waals surface area contributed by atoms with Crippen LogP contribution >= 0.6 is 0 Å². The van der Waals surface area contributed by atoms with E-state index in [0.29, 0.717) is 0 Å². The van der Waals surface area contributed by atoms with Gasteiger partial charge < -0.3 is 27.0 Å². The van der Waals surface area contributed by atoms with Gasteiger partial charge in [0.15, 0.2) is 0 Å². The molecule has 0 aromatic heterocycles. The van der Waals surface area contributed by atoms with Crippen LogP contribution < -0.4 is 22.1 Å². The van der Waals surface area contributed by atoms with Crippen molar-refractivity contribution in [3.05, 3.63) is 71.3 Å². The number of nitrogens with one attached hydrogen (secondary N) is 2. The minimum atomic E-state index is -1.49. The highest BCUT2D eigenvalue weighted by atomic mass is 19.1. The summed E-state index contributed by atoms with van der Waals surface area (Å²) in [6.07, 6.45) is -1.61. The van der Waals surface area contributed by atoms with Crippen molar-refractivity contribution in [1.29, 1.82) is 0 Å². The fraction of sp³-hybridized carbons (Fsp3) is 0.407. The Bertz CT molecular complexity index is 1060. The molecule has 0 fully saturated rings. The molecule has 0 radical (unpaired) electrons. The van der Waals surface area contributed by atoms with Gasteiger partial charge in [0.25, 0.3) is 0 Å². The number of alkyl halides is 1. The van der Waals surface area contributed by atoms with Gasteiger partial charge in [-0.2, -0.15) is 0 Å². The molecule has 1 unspecified atom stereocenters. The largest absolute Gasteiger partial charge is 0.368 e. The van der Waals surface area contributed by atoms with Crippen LogP contribution in [0.5, 0.6) is 0 Å². The molecule has 0 saturated carbocycles. The number of rotatable bonds is 13. The van der Waals surface area contributed by atoms with Crippen molar-refractivity contribution in [3.63, 3.8) is 0 Å². The van der Waals surface area contributed by atoms with Crippen LogP contribution in [0.4, 0.5) is 4.39 Å². The molecule has 200 valence electrons. The van der Waals surface area contributed by atoms with Crippen molar-refractivity contribution in [3.8, 4) is 0 Å². The van der Waals surface area contributed by atoms with E-state index in [1.54, 1.807) is 6.92 Å². The molecule has 0 saturated heterocycles. The molecule has 2 aromatic rings. The molecule has 0 aliphatic heterocycles. The molecule has 4 amide bonds. The van der Waals surface area contributed by atoms with Gasteiger partial charge in [0, 0.05) is 25.4 Å². The first kappa shape index (κ1) is 29.4. The molecule has 0 spiro atoms. The highest BCUT2D eigenvalue weighted by molar-refractivity contribution is 5.87. The number of benzene rings is 2. The number of hydrogen-bond acceptors (Lipinski definition) is 5. The van der Waals surface area contributed by atoms with Gasteiger partial charge in [0.1, 0.15) is 12.7 Å². The molecule has 2 aromatic carbocycles. The van der Waals surface area contributed by atoms with E-state index in [1.165, 1.54) is 6.92 Å². The Morgan fingerprint density at radius 3 is 2.03 bits per heavy atom. The van der Waals surface area contributed by atoms with Gasteiger partial charge in [-0.3, -0.25) is 19.2 Å². The summed E-state index contributed by atoms with van der Waals surface area (Å²) in [7, 11) is 0. The van der Waals surface area contributed by atoms with E-state index in [2.05, 4.69) is 10.6 Å². The van der Waals surface area contributed by atoms with E-state index in [1.807, 2.05) is 61.5 Å². The zero-order chi connectivity index (χ0) is 27.5. The fourth-order valence-electron chi connectivity index (χ4n) is 3.78. The van der Waals surface area contributed by atoms with Crippen molar-refractivity contribution in [1.82, 2.24) is 15.5 Å². The molecule has 0 aliphatic rings. The number of halogens is 1. The van der Waals surface area contributed by atoms with Crippen LogP contribution in [-0.4, -0.2) is 54.3 Å². The third-order valence-corrected chi connectivity index (χ3v) is 5.92. The Morgan fingerprint density at radius 2 is 1.49 bits per heavy atom. The molecular formula is C27H36FN5O4. The molecule has 0 bridgehead atoms. The summed E-state index contributed by atoms with van der Waals surface area (Å²) in [5.41, 5.74) is 13.7. The lowest BCUT2D eigenvalue weighted by molar-refractivity contribution is -0.137. The predicted molar refractivity (Wildman–Crippen MR) is 139 cm³/mol. The molecule has 2 rings (SSSR count). The Balaban J connectivity index is 1.97. The average molecular weight is 514 g/mol. The maximum atomic E-state index is 14.6. The standard InChI is InChI=1S/C27H36FN5O4/c1-17(13-23(28)14-31-25(36)16-33(19(3)34)15-24(30)35)27(37)32-26(21-7-5-4-6-8-21)22-11-9-20(10-12-22)18(2)29/h4-12,17-18,23,26H,13-16,29H2,1-3H3,(H2,30,35)(H,31,36)(H,32,37)/t17-,18?,23+,26-/m0/s1. The van der Waals surface area contributed by atoms with Crippen LogP contribution in [-0.2, 0) is 19.2 Å². The Morgan fingerprint density at radius 1 is 0.919 bits per heavy atom. The summed E-state index contributed by atoms with van der Waals surface area (Å²) < 4.78 is 14.6. The second-order valence-electron chi connectivity index (χ2n) is 9.19. The van der Waals surface area contributed by atoms with Crippen LogP contribution in [0.2, 0.25) is 0 Å². The molecule has 37 heavy (non-hydrogen) atoms. The van der Waals surface area contributed by atoms with Crippen LogP contribution in [0, 0.1) is 5.92 Å². The zero-order valence-corrected chi connectivity index (χ0v) is 21.4. The van der Waals surface area contributed by atoms with Gasteiger partial charge in [-0.25, -0.2) is 4.39 Å². The molecule has 4 atom stereocenters. The van der Waals surface area contributed by atoms with Crippen molar-refractivity contribution >= 4 is 23.6 Å². The first-order chi connectivity index (χ1) is 17.5. The minimum Gasteiger partial charge on any atom is -0.368 e. The summed E-state index contributed by atoms with van der Waals surface area (Å²) in [6.45, 7) is 3.56. The van der Waals surface area contributed by atoms with Gasteiger partial charge >= 0.3 is 0 Å². The number of nitrogens with zero attached hydrogens (tertiary/aromatic N) is 1. The summed E-state index contributed by atoms with van der Waals surface area (Å²) in [5.74, 6) is -2.90. The first-order valence-electron chi connectivity index (χ1n) is 12.1. The summed E-state index contributed by atoms with van der Waals surface area (Å²) in [6, 6.07) is 16.6. The Hall–Kier alpha value is -3.79. The number of carbonyl (C=O) groups is 4. The van der Waals surface area contributed by atoms with E-state index in [4.69, 9.17) is 11.5 Å². The minimum absolute atomic E-state index is 0.116. The highest BCUT2D eigenvalue weighted by Crippen LogP contribution is 2.24. The van der Waals surface area contributed by atoms with Gasteiger partial charge in [0.2, 0.25) is 23.6 Å². The molecule has 10 heteroatoms. The van der Waals surface area contributed by atoms with Gasteiger partial charge in [0.05, 0.1) is 12.6 Å². The number of amides is 4. The van der Waals surface area contributed by atoms with E-state index in [9.17, 15) is 23.6 Å². The van der Waals surface area contributed by atoms with E-state index < -0.39 is 48.9 Å². The quantitative estimate of drug-likeness (QED) is 0.322. The number of carbonyl (C=O) groups excluding carboxylic acids is 4. The molecule has 0 heterocycles. The summed E-state index contributed by atoms with van der Waals surface area (Å²) >= 11 is 0. The lowest BCUT2D eigenvalue weighted by atomic mass is 9.95. The van der Waals surface area contributed by atoms with Crippen molar-refractivity contribution in [2.45, 2.75) is 45.4 Å². The summed E-state index contributed by atoms with van der Waals surface area (Å²) in [5, 5.41) is 5.40. The third-order valence-electron chi connectivity index (χ3n) is 5.92. The predicted octanol–water partition coefficient (Wildman–Crippen LogP) is 1.73. The maximum absolute atomic E-state index is 14.6. The molecular weight excluding hydrogens is 477 g/mol. The van der Waals surface area contributed by atoms with E-state index in [-0.39, 0.29) is 24.9 Å². The fourth-order valence-corrected chi connectivity index (χ4v) is 3.78. The number of hydrogen-bond donors (Lipinski definition) is 4. The van der Waals surface area contributed by atoms with Crippen LogP contribution in [0.3, 0.4) is 0 Å². The lowest BCUT2D eigenvalue weighted by Gasteiger charge is -2.23. The smallest absolute Gasteiger partial charge is 0.239 e. The first-order valence-corrected chi connectivity index (χ1v) is 12.1. The Labute approximate surface area is 216 Å². The maximum Gasteiger partial charge on any atom is 0.239 e. The van der Waals surface area contributed by atoms with E-state index >= 15 is 0 Å². The second-order valence-corrected chi connectivity index (χ2v) is 9.19. The highest BCUT2D eigenvalue weighted by Gasteiger charge is 2.24. The number of primary amides is 1. The van der Waals surface area contributed by atoms with Gasteiger partial charge in [-0.1, -0.05) is 61.5 Å². The van der Waals surface area contributed by atoms with Crippen LogP contribution in [0.15, 0.2) is 54.6 Å². The van der Waals surface area contributed by atoms with Crippen LogP contribution in [0.1, 0.15) is 56.0 Å². The number of nitrogens with two attached hydrogens (primary N) is 2. The van der Waals surface area contributed by atoms with Crippen molar-refractivity contribution in [2.75, 3.05) is 19.6 Å². The topological polar surface area (TPSA) is 148 Å². The summed E-state index contributed by atoms with van der Waals surface area (Å²) in [4.78, 5) is 48.6. The van der Waals surface area contributed by atoms with Gasteiger partial charge in [-0.15, -0.1) is 0 Å². The Kier molecular flexibility index (Phi) is 11.2. The SMILES string of the molecule is CC(=O)N(CC(N)=O)CC(=O)NC[C@H](F)C[C@H](C)C(=O)N[C@@H](c1ccccc1)c1ccc(C(C)N)cc1. The van der Waals surface area contributed by atoms with Crippen molar-refractivity contribution in [2.24, 2.45) is 17.4 Å². The molecule has 9 nitrogen and oxygen atoms in total. The average Bonchev–Trinajstić information content (AvgIpc) is 2.85. The van der Waals surface area contributed by atoms with Crippen molar-refractivity contribution < 1.29 is 23.6 Å². The van der Waals surface area contributed by atoms with E-state index in [0.717, 1.165) is 21.6 Å². The van der Waals surface area contributed by atoms with Gasteiger partial charge in [-0.05, 0) is 30.0 Å². The third kappa shape index (κ3) is 9.64. The van der Waals surface area contributed by atoms with Crippen LogP contribution in [0.25, 0.3) is 0 Å². The lowest BCUT2D eigenvalue weighted by Crippen LogP contribution is -2.45. The monoisotopic (exact) mass is 513 g/mol. The second kappa shape index (κ2) is 14.1. The zero-order valence-electron chi connectivity index (χ0n) is 21.4. The normalized spacial score (nSPS) is 14.1. The molecule has 0 aliphatic carbocycles. The molecule has 6 N–H and O–H groups in total.